The molecule has 28 N–H and O–H groups in total. The van der Waals surface area contributed by atoms with Crippen molar-refractivity contribution in [2.24, 2.45) is 11.5 Å². The van der Waals surface area contributed by atoms with Crippen molar-refractivity contribution in [3.05, 3.63) is 258 Å². The number of carbonyl (C=O) groups is 19. The van der Waals surface area contributed by atoms with E-state index >= 15 is 33.6 Å². The van der Waals surface area contributed by atoms with Crippen LogP contribution in [0.3, 0.4) is 0 Å². The third-order valence-corrected chi connectivity index (χ3v) is 25.3. The number of aliphatic carboxylic acids is 1. The number of nitrogens with zero attached hydrogens (tertiary/aromatic N) is 2. The zero-order chi connectivity index (χ0) is 107. The SMILES string of the molecule is C[C@@H](O)C1NC(=O)CNC(=O)C(Cc2c[nH]cn2)NC(=O)C(Cc2c[nH]c3ccccc23)NC(=O)C(CC(N)=O)NC(=O)CNC(=O)CC(C(=O)NC(Cc2c[nH]c3ccccc23)C(=O)NC(Cc2ccccc2)C(=O)NC(Cc2ccccc2)C(=O)NC(CC(N)=O)C(=O)NC(Cc2ccc(O)cc2)C(=O)NC(Cc2ccc(O)cc2)C(=O)NC(Cc2c[nH]c3ccccc23)C(=O)O)NC(=O)C2CCCN2C(=O)C(CO)NC1=O. The largest absolute Gasteiger partial charge is 0.508 e. The Balaban J connectivity index is 0.788. The first-order chi connectivity index (χ1) is 72.0. The van der Waals surface area contributed by atoms with Gasteiger partial charge >= 0.3 is 5.97 Å². The third kappa shape index (κ3) is 30.3. The van der Waals surface area contributed by atoms with Crippen molar-refractivity contribution < 1.29 is 117 Å². The molecule has 7 aromatic carbocycles. The highest BCUT2D eigenvalue weighted by atomic mass is 16.4. The molecule has 15 atom stereocenters. The lowest BCUT2D eigenvalue weighted by Crippen LogP contribution is -2.62. The van der Waals surface area contributed by atoms with Crippen LogP contribution in [0.1, 0.15) is 83.7 Å². The Bertz CT molecular complexity index is 6760. The van der Waals surface area contributed by atoms with Crippen LogP contribution in [0.5, 0.6) is 11.5 Å². The number of carboxylic acid groups (broad SMARTS) is 1. The number of phenolic OH excluding ortho intramolecular Hbond substituents is 2. The molecule has 150 heavy (non-hydrogen) atoms. The van der Waals surface area contributed by atoms with Gasteiger partial charge in [0.05, 0.1) is 57.1 Å². The van der Waals surface area contributed by atoms with Crippen LogP contribution in [-0.4, -0.2) is 285 Å². The number of imidazole rings is 1. The quantitative estimate of drug-likeness (QED) is 0.0181. The number of fused-ring (bicyclic) bond motifs is 4. The fraction of sp³-hybridized carbons (Fsp3) is 0.320. The maximum atomic E-state index is 15.9. The summed E-state index contributed by atoms with van der Waals surface area (Å²) in [5, 5.41) is 92.1. The highest BCUT2D eigenvalue weighted by molar-refractivity contribution is 6.04. The average Bonchev–Trinajstić information content (AvgIpc) is 1.69. The van der Waals surface area contributed by atoms with Crippen molar-refractivity contribution in [2.45, 2.75) is 181 Å². The molecule has 786 valence electrons. The maximum absolute atomic E-state index is 15.9. The molecule has 11 aromatic rings. The second kappa shape index (κ2) is 51.5. The number of aromatic amines is 4. The number of hydrogen-bond donors (Lipinski definition) is 26. The predicted octanol–water partition coefficient (Wildman–Crippen LogP) is -3.36. The molecule has 14 unspecified atom stereocenters. The van der Waals surface area contributed by atoms with Crippen LogP contribution in [0.2, 0.25) is 0 Å². The molecule has 13 rings (SSSR count). The van der Waals surface area contributed by atoms with Crippen LogP contribution in [0.4, 0.5) is 0 Å². The van der Waals surface area contributed by atoms with E-state index < -0.39 is 268 Å². The fourth-order valence-electron chi connectivity index (χ4n) is 17.6. The van der Waals surface area contributed by atoms with Crippen LogP contribution >= 0.6 is 0 Å². The van der Waals surface area contributed by atoms with Gasteiger partial charge in [-0.05, 0) is 101 Å². The van der Waals surface area contributed by atoms with Crippen LogP contribution < -0.4 is 91.2 Å². The first kappa shape index (κ1) is 109. The number of aliphatic hydroxyl groups is 2. The number of para-hydroxylation sites is 3. The molecule has 2 fully saturated rings. The van der Waals surface area contributed by atoms with Crippen LogP contribution in [0.25, 0.3) is 32.7 Å². The Morgan fingerprint density at radius 2 is 0.840 bits per heavy atom. The number of phenols is 2. The highest BCUT2D eigenvalue weighted by Crippen LogP contribution is 2.27. The molecule has 18 amide bonds. The van der Waals surface area contributed by atoms with Gasteiger partial charge < -0.3 is 142 Å². The smallest absolute Gasteiger partial charge is 0.326 e. The number of amides is 18. The molecule has 6 heterocycles. The normalized spacial score (nSPS) is 19.0. The fourth-order valence-corrected chi connectivity index (χ4v) is 17.6. The first-order valence-electron chi connectivity index (χ1n) is 48.1. The zero-order valence-corrected chi connectivity index (χ0v) is 80.9. The number of nitrogens with two attached hydrogens (primary N) is 2. The molecule has 2 aliphatic heterocycles. The molecule has 2 aliphatic rings. The number of hydrogen-bond acceptors (Lipinski definition) is 24. The van der Waals surface area contributed by atoms with Gasteiger partial charge in [-0.2, -0.15) is 0 Å². The van der Waals surface area contributed by atoms with Crippen LogP contribution in [-0.2, 0) is 142 Å². The second-order valence-corrected chi connectivity index (χ2v) is 36.4. The van der Waals surface area contributed by atoms with Gasteiger partial charge in [0.25, 0.3) is 0 Å². The van der Waals surface area contributed by atoms with E-state index in [1.54, 1.807) is 140 Å². The molecule has 4 aromatic heterocycles. The van der Waals surface area contributed by atoms with Gasteiger partial charge in [0, 0.05) is 115 Å². The van der Waals surface area contributed by atoms with E-state index in [1.165, 1.54) is 73.4 Å². The van der Waals surface area contributed by atoms with Crippen molar-refractivity contribution in [3.8, 4) is 11.5 Å². The van der Waals surface area contributed by atoms with Crippen LogP contribution in [0.15, 0.2) is 213 Å². The van der Waals surface area contributed by atoms with Crippen molar-refractivity contribution in [3.63, 3.8) is 0 Å². The van der Waals surface area contributed by atoms with E-state index in [0.717, 1.165) is 11.8 Å². The molecular weight excluding hydrogens is 1940 g/mol. The standard InChI is InChI=1S/C103H115N23O24/c1-54(128)89-101(147)124-82(52-127)102(148)126-34-14-25-83(126)100(146)122-80(45-86(133)110-50-87(134)113-78(43-84(104)131)97(143)118-76(40-60-47-108-69-23-12-9-20-66(60)69)96(142)120-77(42-62-49-106-53-112-62)90(136)111-51-88(135)125-89)99(145)119-75(39-59-46-107-68-22-11-8-19-65(59)68)95(141)116-71(35-55-15-4-2-5-16-55)91(137)114-72(36-56-17-6-3-7-18-56)93(139)121-79(44-85(105)132)98(144)117-73(37-57-26-30-63(129)31-27-57)92(138)115-74(38-58-28-32-64(130)33-29-58)94(140)123-81(103(149)150)41-61-48-109-70-24-13-10-21-67(61)70/h2-13,15-24,26-33,46-49,53-54,71-83,89,107-109,127-130H,14,25,34-45,50-52H2,1H3,(H2,104,131)(H2,105,132)(H,106,112)(H,110,133)(H,111,136)(H,113,134)(H,114,137)(H,115,138)(H,116,141)(H,117,144)(H,118,143)(H,119,145)(H,120,142)(H,121,139)(H,122,146)(H,123,140)(H,124,147)(H,125,135)(H,149,150)/t54-,71?,72?,73?,74?,75?,76?,77?,78?,79?,80?,81?,82?,83?,89?/m1/s1. The minimum atomic E-state index is -2.16. The van der Waals surface area contributed by atoms with Crippen molar-refractivity contribution >= 4 is 145 Å². The zero-order valence-electron chi connectivity index (χ0n) is 80.9. The third-order valence-electron chi connectivity index (χ3n) is 25.3. The Morgan fingerprint density at radius 3 is 1.31 bits per heavy atom. The second-order valence-electron chi connectivity index (χ2n) is 36.4. The number of benzene rings is 7. The number of primary amides is 2. The number of aliphatic hydroxyl groups excluding tert-OH is 2. The lowest BCUT2D eigenvalue weighted by atomic mass is 10.00. The molecule has 47 heteroatoms. The maximum Gasteiger partial charge on any atom is 0.326 e. The van der Waals surface area contributed by atoms with Gasteiger partial charge in [0.15, 0.2) is 0 Å². The molecular formula is C103H115N23O24. The monoisotopic (exact) mass is 2060 g/mol. The predicted molar refractivity (Wildman–Crippen MR) is 537 cm³/mol. The van der Waals surface area contributed by atoms with E-state index in [2.05, 4.69) is 105 Å². The first-order valence-corrected chi connectivity index (χ1v) is 48.1. The molecule has 0 spiro atoms. The van der Waals surface area contributed by atoms with Gasteiger partial charge in [0.1, 0.15) is 96.1 Å². The van der Waals surface area contributed by atoms with Crippen LogP contribution in [0, 0.1) is 0 Å². The van der Waals surface area contributed by atoms with Crippen molar-refractivity contribution in [1.29, 1.82) is 0 Å². The minimum Gasteiger partial charge on any atom is -0.508 e. The summed E-state index contributed by atoms with van der Waals surface area (Å²) in [5.41, 5.74) is 16.2. The van der Waals surface area contributed by atoms with Gasteiger partial charge in [-0.25, -0.2) is 9.78 Å². The molecule has 2 saturated heterocycles. The topological polar surface area (TPSA) is 737 Å². The summed E-state index contributed by atoms with van der Waals surface area (Å²) >= 11 is 0. The molecule has 0 bridgehead atoms. The summed E-state index contributed by atoms with van der Waals surface area (Å²) in [6.07, 6.45) is -0.696. The molecule has 0 aliphatic carbocycles. The lowest BCUT2D eigenvalue weighted by molar-refractivity contribution is -0.144. The van der Waals surface area contributed by atoms with Gasteiger partial charge in [-0.3, -0.25) is 86.3 Å². The Kier molecular flexibility index (Phi) is 37.5. The number of aromatic nitrogens is 5. The number of nitrogens with one attached hydrogen (secondary N) is 19. The lowest BCUT2D eigenvalue weighted by Gasteiger charge is -2.30. The Morgan fingerprint density at radius 1 is 0.420 bits per heavy atom. The van der Waals surface area contributed by atoms with Crippen molar-refractivity contribution in [2.75, 3.05) is 26.2 Å². The number of carbonyl (C=O) groups excluding carboxylic acids is 18. The number of carboxylic acids is 1. The average molecular weight is 2060 g/mol. The van der Waals surface area contributed by atoms with E-state index in [0.29, 0.717) is 71.7 Å². The summed E-state index contributed by atoms with van der Waals surface area (Å²) in [4.78, 5) is 295. The van der Waals surface area contributed by atoms with E-state index in [-0.39, 0.29) is 62.3 Å². The Hall–Kier alpha value is -18.2. The summed E-state index contributed by atoms with van der Waals surface area (Å²) in [7, 11) is 0. The van der Waals surface area contributed by atoms with Gasteiger partial charge in [-0.1, -0.05) is 140 Å². The molecule has 0 radical (unpaired) electrons. The summed E-state index contributed by atoms with van der Waals surface area (Å²) in [5.74, 6) is -22.7. The summed E-state index contributed by atoms with van der Waals surface area (Å²) in [6, 6.07) is 22.2. The van der Waals surface area contributed by atoms with Gasteiger partial charge in [0.2, 0.25) is 106 Å². The van der Waals surface area contributed by atoms with E-state index in [1.807, 2.05) is 0 Å². The molecule has 47 nitrogen and oxygen atoms in total. The Labute approximate surface area is 855 Å². The van der Waals surface area contributed by atoms with E-state index in [4.69, 9.17) is 11.5 Å². The highest BCUT2D eigenvalue weighted by Gasteiger charge is 2.44. The summed E-state index contributed by atoms with van der Waals surface area (Å²) in [6.45, 7) is -2.37. The van der Waals surface area contributed by atoms with Crippen molar-refractivity contribution in [1.82, 2.24) is 110 Å². The summed E-state index contributed by atoms with van der Waals surface area (Å²) < 4.78 is 0. The number of aromatic hydroxyl groups is 2. The molecule has 0 saturated carbocycles. The number of rotatable bonds is 37. The van der Waals surface area contributed by atoms with E-state index in [9.17, 15) is 83.1 Å². The number of H-pyrrole nitrogens is 4. The van der Waals surface area contributed by atoms with Gasteiger partial charge in [-0.15, -0.1) is 0 Å². The minimum absolute atomic E-state index is 0.0427.